The van der Waals surface area contributed by atoms with Gasteiger partial charge in [0.25, 0.3) is 0 Å². The predicted octanol–water partition coefficient (Wildman–Crippen LogP) is 4.76. The third-order valence-corrected chi connectivity index (χ3v) is 3.95. The Bertz CT molecular complexity index is 479. The van der Waals surface area contributed by atoms with Crippen molar-refractivity contribution in [1.29, 1.82) is 0 Å². The van der Waals surface area contributed by atoms with E-state index in [9.17, 15) is 0 Å². The van der Waals surface area contributed by atoms with Crippen LogP contribution in [-0.4, -0.2) is 7.05 Å². The Kier molecular flexibility index (Phi) is 3.19. The fraction of sp³-hybridized carbons (Fsp3) is 0.0909. The minimum absolute atomic E-state index is 0.589. The average molecular weight is 258 g/mol. The summed E-state index contributed by atoms with van der Waals surface area (Å²) in [6.45, 7) is 0. The van der Waals surface area contributed by atoms with Crippen molar-refractivity contribution in [3.05, 3.63) is 40.4 Å². The van der Waals surface area contributed by atoms with E-state index in [1.54, 1.807) is 11.3 Å². The molecule has 0 radical (unpaired) electrons. The maximum Gasteiger partial charge on any atom is 0.0886 e. The van der Waals surface area contributed by atoms with E-state index in [0.29, 0.717) is 10.0 Å². The molecule has 1 heterocycles. The Balaban J connectivity index is 2.40. The highest BCUT2D eigenvalue weighted by Crippen LogP contribution is 2.34. The molecular formula is C11H9Cl2NS. The molecule has 0 amide bonds. The van der Waals surface area contributed by atoms with E-state index in [0.717, 1.165) is 10.6 Å². The maximum atomic E-state index is 5.96. The van der Waals surface area contributed by atoms with E-state index < -0.39 is 0 Å². The van der Waals surface area contributed by atoms with Crippen LogP contribution in [0.4, 0.5) is 5.00 Å². The number of thiophene rings is 1. The van der Waals surface area contributed by atoms with Gasteiger partial charge in [-0.1, -0.05) is 29.3 Å². The van der Waals surface area contributed by atoms with Crippen molar-refractivity contribution in [2.45, 2.75) is 0 Å². The van der Waals surface area contributed by atoms with Gasteiger partial charge in [0.2, 0.25) is 0 Å². The van der Waals surface area contributed by atoms with Gasteiger partial charge in [0.05, 0.1) is 15.0 Å². The van der Waals surface area contributed by atoms with E-state index in [1.807, 2.05) is 31.3 Å². The van der Waals surface area contributed by atoms with Gasteiger partial charge in [0, 0.05) is 11.9 Å². The van der Waals surface area contributed by atoms with Gasteiger partial charge in [-0.15, -0.1) is 11.3 Å². The number of anilines is 1. The monoisotopic (exact) mass is 257 g/mol. The molecule has 1 nitrogen and oxygen atoms in total. The van der Waals surface area contributed by atoms with Crippen LogP contribution in [0.5, 0.6) is 0 Å². The van der Waals surface area contributed by atoms with Gasteiger partial charge in [-0.3, -0.25) is 0 Å². The van der Waals surface area contributed by atoms with Crippen molar-refractivity contribution in [2.24, 2.45) is 0 Å². The standard InChI is InChI=1S/C11H9Cl2NS/c1-14-11-5-4-10(15-11)7-2-3-8(12)9(13)6-7/h2-6,14H,1H3. The van der Waals surface area contributed by atoms with Gasteiger partial charge in [-0.25, -0.2) is 0 Å². The van der Waals surface area contributed by atoms with Gasteiger partial charge in [-0.05, 0) is 29.8 Å². The number of nitrogens with one attached hydrogen (secondary N) is 1. The summed E-state index contributed by atoms with van der Waals surface area (Å²) >= 11 is 13.5. The highest BCUT2D eigenvalue weighted by Gasteiger charge is 2.04. The van der Waals surface area contributed by atoms with Crippen molar-refractivity contribution >= 4 is 39.5 Å². The summed E-state index contributed by atoms with van der Waals surface area (Å²) in [6.07, 6.45) is 0. The highest BCUT2D eigenvalue weighted by molar-refractivity contribution is 7.19. The van der Waals surface area contributed by atoms with Crippen LogP contribution in [0.1, 0.15) is 0 Å². The van der Waals surface area contributed by atoms with E-state index >= 15 is 0 Å². The Morgan fingerprint density at radius 3 is 2.47 bits per heavy atom. The minimum Gasteiger partial charge on any atom is -0.380 e. The molecule has 0 spiro atoms. The molecule has 0 bridgehead atoms. The van der Waals surface area contributed by atoms with E-state index in [4.69, 9.17) is 23.2 Å². The molecular weight excluding hydrogens is 249 g/mol. The molecule has 0 aliphatic carbocycles. The van der Waals surface area contributed by atoms with Crippen LogP contribution < -0.4 is 5.32 Å². The van der Waals surface area contributed by atoms with Gasteiger partial charge in [0.1, 0.15) is 0 Å². The summed E-state index contributed by atoms with van der Waals surface area (Å²) in [5, 5.41) is 5.42. The van der Waals surface area contributed by atoms with Crippen LogP contribution in [-0.2, 0) is 0 Å². The van der Waals surface area contributed by atoms with Crippen LogP contribution in [0.15, 0.2) is 30.3 Å². The molecule has 4 heteroatoms. The number of benzene rings is 1. The molecule has 2 aromatic rings. The highest BCUT2D eigenvalue weighted by atomic mass is 35.5. The van der Waals surface area contributed by atoms with Crippen LogP contribution in [0.3, 0.4) is 0 Å². The quantitative estimate of drug-likeness (QED) is 0.818. The summed E-state index contributed by atoms with van der Waals surface area (Å²) in [5.74, 6) is 0. The summed E-state index contributed by atoms with van der Waals surface area (Å²) in [5.41, 5.74) is 1.09. The van der Waals surface area contributed by atoms with Gasteiger partial charge in [0.15, 0.2) is 0 Å². The molecule has 78 valence electrons. The second-order valence-corrected chi connectivity index (χ2v) is 4.94. The molecule has 0 saturated heterocycles. The molecule has 0 fully saturated rings. The first-order chi connectivity index (χ1) is 7.20. The van der Waals surface area contributed by atoms with Gasteiger partial charge in [-0.2, -0.15) is 0 Å². The lowest BCUT2D eigenvalue weighted by molar-refractivity contribution is 1.60. The van der Waals surface area contributed by atoms with Crippen molar-refractivity contribution in [3.63, 3.8) is 0 Å². The Labute approximate surface area is 103 Å². The van der Waals surface area contributed by atoms with Crippen LogP contribution in [0, 0.1) is 0 Å². The first-order valence-electron chi connectivity index (χ1n) is 4.43. The summed E-state index contributed by atoms with van der Waals surface area (Å²) in [6, 6.07) is 9.78. The first-order valence-corrected chi connectivity index (χ1v) is 6.01. The lowest BCUT2D eigenvalue weighted by atomic mass is 10.2. The van der Waals surface area contributed by atoms with Gasteiger partial charge >= 0.3 is 0 Å². The predicted molar refractivity (Wildman–Crippen MR) is 69.3 cm³/mol. The normalized spacial score (nSPS) is 10.3. The topological polar surface area (TPSA) is 12.0 Å². The van der Waals surface area contributed by atoms with Crippen molar-refractivity contribution < 1.29 is 0 Å². The molecule has 0 aliphatic rings. The van der Waals surface area contributed by atoms with Crippen molar-refractivity contribution in [2.75, 3.05) is 12.4 Å². The summed E-state index contributed by atoms with van der Waals surface area (Å²) < 4.78 is 0. The van der Waals surface area contributed by atoms with E-state index in [2.05, 4.69) is 11.4 Å². The average Bonchev–Trinajstić information content (AvgIpc) is 2.70. The Morgan fingerprint density at radius 2 is 1.87 bits per heavy atom. The molecule has 0 atom stereocenters. The van der Waals surface area contributed by atoms with Crippen molar-refractivity contribution in [3.8, 4) is 10.4 Å². The number of rotatable bonds is 2. The number of hydrogen-bond donors (Lipinski definition) is 1. The SMILES string of the molecule is CNc1ccc(-c2ccc(Cl)c(Cl)c2)s1. The lowest BCUT2D eigenvalue weighted by Crippen LogP contribution is -1.79. The third-order valence-electron chi connectivity index (χ3n) is 2.06. The fourth-order valence-corrected chi connectivity index (χ4v) is 2.43. The zero-order valence-corrected chi connectivity index (χ0v) is 10.4. The Hall–Kier alpha value is -0.700. The molecule has 0 unspecified atom stereocenters. The third kappa shape index (κ3) is 2.28. The number of hydrogen-bond acceptors (Lipinski definition) is 2. The molecule has 1 aromatic heterocycles. The first kappa shape index (κ1) is 10.8. The smallest absolute Gasteiger partial charge is 0.0886 e. The van der Waals surface area contributed by atoms with Crippen LogP contribution in [0.25, 0.3) is 10.4 Å². The Morgan fingerprint density at radius 1 is 1.07 bits per heavy atom. The summed E-state index contributed by atoms with van der Waals surface area (Å²) in [4.78, 5) is 1.18. The lowest BCUT2D eigenvalue weighted by Gasteiger charge is -1.99. The molecule has 15 heavy (non-hydrogen) atoms. The maximum absolute atomic E-state index is 5.96. The molecule has 0 saturated carbocycles. The second-order valence-electron chi connectivity index (χ2n) is 3.04. The largest absolute Gasteiger partial charge is 0.380 e. The molecule has 2 rings (SSSR count). The fourth-order valence-electron chi connectivity index (χ4n) is 1.28. The second kappa shape index (κ2) is 4.44. The van der Waals surface area contributed by atoms with E-state index in [1.165, 1.54) is 4.88 Å². The minimum atomic E-state index is 0.589. The van der Waals surface area contributed by atoms with Crippen LogP contribution >= 0.6 is 34.5 Å². The van der Waals surface area contributed by atoms with Crippen LogP contribution in [0.2, 0.25) is 10.0 Å². The zero-order chi connectivity index (χ0) is 10.8. The number of halogens is 2. The van der Waals surface area contributed by atoms with Gasteiger partial charge < -0.3 is 5.32 Å². The summed E-state index contributed by atoms with van der Waals surface area (Å²) in [7, 11) is 1.91. The van der Waals surface area contributed by atoms with E-state index in [-0.39, 0.29) is 0 Å². The molecule has 1 aromatic carbocycles. The zero-order valence-electron chi connectivity index (χ0n) is 8.05. The van der Waals surface area contributed by atoms with Crippen molar-refractivity contribution in [1.82, 2.24) is 0 Å². The molecule has 0 aliphatic heterocycles. The molecule has 1 N–H and O–H groups in total.